The zero-order chi connectivity index (χ0) is 17.2. The van der Waals surface area contributed by atoms with Crippen LogP contribution in [0.15, 0.2) is 48.7 Å². The summed E-state index contributed by atoms with van der Waals surface area (Å²) >= 11 is 0. The average molecular weight is 334 g/mol. The molecule has 0 spiro atoms. The van der Waals surface area contributed by atoms with E-state index in [0.29, 0.717) is 0 Å². The molecule has 0 saturated carbocycles. The van der Waals surface area contributed by atoms with Crippen LogP contribution in [0.3, 0.4) is 0 Å². The highest BCUT2D eigenvalue weighted by Gasteiger charge is 2.25. The van der Waals surface area contributed by atoms with Crippen LogP contribution in [0.2, 0.25) is 0 Å². The maximum Gasteiger partial charge on any atom is 0.256 e. The number of pyridine rings is 1. The molecule has 0 atom stereocenters. The third-order valence-corrected chi connectivity index (χ3v) is 4.88. The number of H-pyrrole nitrogens is 1. The van der Waals surface area contributed by atoms with Gasteiger partial charge < -0.3 is 9.88 Å². The van der Waals surface area contributed by atoms with E-state index in [-0.39, 0.29) is 5.91 Å². The summed E-state index contributed by atoms with van der Waals surface area (Å²) in [6, 6.07) is 14.0. The monoisotopic (exact) mass is 334 g/mol. The van der Waals surface area contributed by atoms with Gasteiger partial charge in [-0.05, 0) is 25.1 Å². The summed E-state index contributed by atoms with van der Waals surface area (Å²) in [5, 5.41) is 1.01. The third kappa shape index (κ3) is 3.15. The minimum absolute atomic E-state index is 0.132. The lowest BCUT2D eigenvalue weighted by atomic mass is 10.1. The van der Waals surface area contributed by atoms with Crippen molar-refractivity contribution >= 4 is 16.8 Å². The summed E-state index contributed by atoms with van der Waals surface area (Å²) < 4.78 is 0. The van der Waals surface area contributed by atoms with Crippen molar-refractivity contribution in [3.63, 3.8) is 0 Å². The van der Waals surface area contributed by atoms with Crippen LogP contribution in [0, 0.1) is 6.92 Å². The van der Waals surface area contributed by atoms with Gasteiger partial charge >= 0.3 is 0 Å². The van der Waals surface area contributed by atoms with E-state index in [1.54, 1.807) is 0 Å². The molecule has 1 aliphatic rings. The maximum atomic E-state index is 13.0. The number of nitrogens with zero attached hydrogens (tertiary/aromatic N) is 3. The van der Waals surface area contributed by atoms with Gasteiger partial charge in [0.1, 0.15) is 0 Å². The van der Waals surface area contributed by atoms with Crippen molar-refractivity contribution < 1.29 is 4.79 Å². The lowest BCUT2D eigenvalue weighted by molar-refractivity contribution is 0.0628. The number of rotatable bonds is 3. The van der Waals surface area contributed by atoms with Crippen LogP contribution in [0.5, 0.6) is 0 Å². The van der Waals surface area contributed by atoms with Crippen LogP contribution in [-0.2, 0) is 6.54 Å². The molecule has 25 heavy (non-hydrogen) atoms. The van der Waals surface area contributed by atoms with Gasteiger partial charge in [-0.3, -0.25) is 14.7 Å². The van der Waals surface area contributed by atoms with Gasteiger partial charge in [0.05, 0.1) is 11.3 Å². The molecule has 1 saturated heterocycles. The van der Waals surface area contributed by atoms with Crippen LogP contribution in [0.25, 0.3) is 10.9 Å². The smallest absolute Gasteiger partial charge is 0.256 e. The summed E-state index contributed by atoms with van der Waals surface area (Å²) in [5.74, 6) is 0.132. The number of nitrogens with one attached hydrogen (secondary N) is 1. The van der Waals surface area contributed by atoms with Gasteiger partial charge in [-0.15, -0.1) is 0 Å². The summed E-state index contributed by atoms with van der Waals surface area (Å²) in [4.78, 5) is 25.1. The third-order valence-electron chi connectivity index (χ3n) is 4.88. The summed E-state index contributed by atoms with van der Waals surface area (Å²) in [6.45, 7) is 6.09. The molecule has 5 nitrogen and oxygen atoms in total. The molecule has 3 aromatic rings. The predicted molar refractivity (Wildman–Crippen MR) is 98.5 cm³/mol. The maximum absolute atomic E-state index is 13.0. The average Bonchev–Trinajstić information content (AvgIpc) is 2.98. The van der Waals surface area contributed by atoms with Gasteiger partial charge in [0.25, 0.3) is 5.91 Å². The molecule has 1 N–H and O–H groups in total. The van der Waals surface area contributed by atoms with Crippen molar-refractivity contribution in [2.75, 3.05) is 26.2 Å². The second-order valence-corrected chi connectivity index (χ2v) is 6.56. The molecule has 4 rings (SSSR count). The summed E-state index contributed by atoms with van der Waals surface area (Å²) in [7, 11) is 0. The first kappa shape index (κ1) is 15.8. The topological polar surface area (TPSA) is 52.2 Å². The molecule has 0 unspecified atom stereocenters. The second-order valence-electron chi connectivity index (χ2n) is 6.56. The molecular formula is C20H22N4O. The minimum Gasteiger partial charge on any atom is -0.358 e. The Kier molecular flexibility index (Phi) is 4.24. The molecule has 1 amide bonds. The van der Waals surface area contributed by atoms with E-state index in [4.69, 9.17) is 0 Å². The van der Waals surface area contributed by atoms with E-state index in [1.165, 1.54) is 0 Å². The number of hydrogen-bond donors (Lipinski definition) is 1. The van der Waals surface area contributed by atoms with E-state index in [9.17, 15) is 4.79 Å². The first-order valence-electron chi connectivity index (χ1n) is 8.71. The molecule has 1 aliphatic heterocycles. The van der Waals surface area contributed by atoms with Crippen molar-refractivity contribution in [3.8, 4) is 0 Å². The van der Waals surface area contributed by atoms with Crippen LogP contribution < -0.4 is 0 Å². The van der Waals surface area contributed by atoms with Gasteiger partial charge in [0.15, 0.2) is 0 Å². The molecule has 5 heteroatoms. The number of aromatic amines is 1. The van der Waals surface area contributed by atoms with Crippen LogP contribution in [-0.4, -0.2) is 51.9 Å². The Balaban J connectivity index is 1.45. The molecular weight excluding hydrogens is 312 g/mol. The fraction of sp³-hybridized carbons (Fsp3) is 0.300. The normalized spacial score (nSPS) is 15.6. The number of aryl methyl sites for hydroxylation is 1. The molecule has 0 aliphatic carbocycles. The SMILES string of the molecule is Cc1[nH]c2ccccc2c1C(=O)N1CCN(Cc2ccccn2)CC1. The zero-order valence-corrected chi connectivity index (χ0v) is 14.4. The molecule has 0 bridgehead atoms. The van der Waals surface area contributed by atoms with Crippen molar-refractivity contribution in [2.24, 2.45) is 0 Å². The van der Waals surface area contributed by atoms with Crippen molar-refractivity contribution in [1.82, 2.24) is 19.8 Å². The van der Waals surface area contributed by atoms with Crippen molar-refractivity contribution in [1.29, 1.82) is 0 Å². The van der Waals surface area contributed by atoms with Crippen molar-refractivity contribution in [3.05, 3.63) is 65.6 Å². The molecule has 3 heterocycles. The largest absolute Gasteiger partial charge is 0.358 e. The Morgan fingerprint density at radius 1 is 1.08 bits per heavy atom. The zero-order valence-electron chi connectivity index (χ0n) is 14.4. The van der Waals surface area contributed by atoms with E-state index in [2.05, 4.69) is 14.9 Å². The Labute approximate surface area is 147 Å². The highest BCUT2D eigenvalue weighted by Crippen LogP contribution is 2.24. The van der Waals surface area contributed by atoms with Gasteiger partial charge in [-0.1, -0.05) is 24.3 Å². The fourth-order valence-corrected chi connectivity index (χ4v) is 3.54. The quantitative estimate of drug-likeness (QED) is 0.801. The second kappa shape index (κ2) is 6.69. The van der Waals surface area contributed by atoms with E-state index >= 15 is 0 Å². The summed E-state index contributed by atoms with van der Waals surface area (Å²) in [5.41, 5.74) is 3.86. The van der Waals surface area contributed by atoms with Crippen LogP contribution in [0.4, 0.5) is 0 Å². The van der Waals surface area contributed by atoms with Gasteiger partial charge in [-0.25, -0.2) is 0 Å². The van der Waals surface area contributed by atoms with Crippen LogP contribution in [0.1, 0.15) is 21.7 Å². The number of fused-ring (bicyclic) bond motifs is 1. The lowest BCUT2D eigenvalue weighted by Crippen LogP contribution is -2.48. The van der Waals surface area contributed by atoms with E-state index in [0.717, 1.165) is 60.6 Å². The number of amides is 1. The molecule has 0 radical (unpaired) electrons. The highest BCUT2D eigenvalue weighted by atomic mass is 16.2. The van der Waals surface area contributed by atoms with Crippen LogP contribution >= 0.6 is 0 Å². The number of para-hydroxylation sites is 1. The Morgan fingerprint density at radius 2 is 1.84 bits per heavy atom. The first-order chi connectivity index (χ1) is 12.2. The first-order valence-corrected chi connectivity index (χ1v) is 8.71. The minimum atomic E-state index is 0.132. The van der Waals surface area contributed by atoms with Gasteiger partial charge in [0, 0.05) is 55.5 Å². The predicted octanol–water partition coefficient (Wildman–Crippen LogP) is 2.83. The molecule has 128 valence electrons. The lowest BCUT2D eigenvalue weighted by Gasteiger charge is -2.34. The van der Waals surface area contributed by atoms with E-state index in [1.807, 2.05) is 60.5 Å². The number of carbonyl (C=O) groups is 1. The Hall–Kier alpha value is -2.66. The number of hydrogen-bond acceptors (Lipinski definition) is 3. The fourth-order valence-electron chi connectivity index (χ4n) is 3.54. The molecule has 2 aromatic heterocycles. The molecule has 1 fully saturated rings. The Morgan fingerprint density at radius 3 is 2.60 bits per heavy atom. The number of carbonyl (C=O) groups excluding carboxylic acids is 1. The number of piperazine rings is 1. The highest BCUT2D eigenvalue weighted by molar-refractivity contribution is 6.08. The van der Waals surface area contributed by atoms with Crippen molar-refractivity contribution in [2.45, 2.75) is 13.5 Å². The number of aromatic nitrogens is 2. The standard InChI is InChI=1S/C20H22N4O/c1-15-19(17-7-2-3-8-18(17)22-15)20(25)24-12-10-23(11-13-24)14-16-6-4-5-9-21-16/h2-9,22H,10-14H2,1H3. The van der Waals surface area contributed by atoms with Gasteiger partial charge in [-0.2, -0.15) is 0 Å². The Bertz CT molecular complexity index is 879. The molecule has 1 aromatic carbocycles. The van der Waals surface area contributed by atoms with Gasteiger partial charge in [0.2, 0.25) is 0 Å². The summed E-state index contributed by atoms with van der Waals surface area (Å²) in [6.07, 6.45) is 1.83. The number of benzene rings is 1. The van der Waals surface area contributed by atoms with E-state index < -0.39 is 0 Å².